The van der Waals surface area contributed by atoms with E-state index in [0.29, 0.717) is 27.8 Å². The Morgan fingerprint density at radius 2 is 1.74 bits per heavy atom. The van der Waals surface area contributed by atoms with Gasteiger partial charge in [0.05, 0.1) is 26.5 Å². The second-order valence-electron chi connectivity index (χ2n) is 9.19. The molecule has 1 unspecified atom stereocenters. The molecule has 0 spiro atoms. The van der Waals surface area contributed by atoms with Gasteiger partial charge in [0.1, 0.15) is 22.7 Å². The van der Waals surface area contributed by atoms with E-state index in [9.17, 15) is 9.59 Å². The summed E-state index contributed by atoms with van der Waals surface area (Å²) < 4.78 is 12.3. The summed E-state index contributed by atoms with van der Waals surface area (Å²) in [6, 6.07) is 23.5. The lowest BCUT2D eigenvalue weighted by molar-refractivity contribution is -0.126. The van der Waals surface area contributed by atoms with Gasteiger partial charge in [-0.05, 0) is 67.6 Å². The topological polar surface area (TPSA) is 85.7 Å². The van der Waals surface area contributed by atoms with Gasteiger partial charge in [-0.15, -0.1) is 0 Å². The number of ether oxygens (including phenoxy) is 2. The van der Waals surface area contributed by atoms with Crippen molar-refractivity contribution in [1.82, 2.24) is 15.1 Å². The van der Waals surface area contributed by atoms with Crippen molar-refractivity contribution in [2.75, 3.05) is 19.1 Å². The largest absolute Gasteiger partial charge is 0.497 e. The van der Waals surface area contributed by atoms with Crippen LogP contribution >= 0.6 is 11.6 Å². The number of methoxy groups -OCH3 is 2. The number of para-hydroxylation sites is 1. The van der Waals surface area contributed by atoms with Crippen molar-refractivity contribution in [3.63, 3.8) is 0 Å². The average molecular weight is 531 g/mol. The minimum Gasteiger partial charge on any atom is -0.497 e. The molecule has 0 bridgehead atoms. The van der Waals surface area contributed by atoms with E-state index in [2.05, 4.69) is 5.32 Å². The number of benzene rings is 3. The SMILES string of the molecule is COc1ccc(-c2cc3n(n2)CC(C)(C(=O)NCc2ccccc2OC)N(c2ccc(Cl)cc2)C3=O)cc1. The number of hydrogen-bond donors (Lipinski definition) is 1. The molecule has 2 amide bonds. The van der Waals surface area contributed by atoms with Crippen LogP contribution in [0.1, 0.15) is 23.0 Å². The molecule has 3 aromatic carbocycles. The number of rotatable bonds is 7. The van der Waals surface area contributed by atoms with E-state index < -0.39 is 5.54 Å². The molecule has 0 saturated heterocycles. The quantitative estimate of drug-likeness (QED) is 0.365. The number of aromatic nitrogens is 2. The fourth-order valence-electron chi connectivity index (χ4n) is 4.69. The van der Waals surface area contributed by atoms with Gasteiger partial charge in [0.2, 0.25) is 5.91 Å². The molecule has 1 N–H and O–H groups in total. The van der Waals surface area contributed by atoms with Crippen LogP contribution in [-0.2, 0) is 17.9 Å². The summed E-state index contributed by atoms with van der Waals surface area (Å²) in [6.45, 7) is 2.14. The predicted octanol–water partition coefficient (Wildman–Crippen LogP) is 4.96. The van der Waals surface area contributed by atoms with Crippen molar-refractivity contribution in [3.8, 4) is 22.8 Å². The molecule has 0 fully saturated rings. The number of amides is 2. The van der Waals surface area contributed by atoms with Crippen LogP contribution in [0.25, 0.3) is 11.3 Å². The van der Waals surface area contributed by atoms with Crippen LogP contribution in [0.4, 0.5) is 5.69 Å². The van der Waals surface area contributed by atoms with Gasteiger partial charge < -0.3 is 14.8 Å². The first-order valence-electron chi connectivity index (χ1n) is 12.1. The van der Waals surface area contributed by atoms with E-state index in [1.54, 1.807) is 56.2 Å². The number of carbonyl (C=O) groups is 2. The van der Waals surface area contributed by atoms with Crippen molar-refractivity contribution in [2.45, 2.75) is 25.6 Å². The highest BCUT2D eigenvalue weighted by Crippen LogP contribution is 2.35. The molecular weight excluding hydrogens is 504 g/mol. The van der Waals surface area contributed by atoms with Crippen LogP contribution in [0.3, 0.4) is 0 Å². The number of anilines is 1. The third kappa shape index (κ3) is 4.59. The molecule has 1 atom stereocenters. The third-order valence-corrected chi connectivity index (χ3v) is 7.00. The van der Waals surface area contributed by atoms with Crippen molar-refractivity contribution in [1.29, 1.82) is 0 Å². The smallest absolute Gasteiger partial charge is 0.277 e. The fraction of sp³-hybridized carbons (Fsp3) is 0.207. The lowest BCUT2D eigenvalue weighted by Crippen LogP contribution is -2.64. The molecule has 1 aliphatic heterocycles. The molecular formula is C29H27ClN4O4. The van der Waals surface area contributed by atoms with Gasteiger partial charge in [-0.2, -0.15) is 5.10 Å². The summed E-state index contributed by atoms with van der Waals surface area (Å²) in [6.07, 6.45) is 0. The normalized spacial score (nSPS) is 16.6. The lowest BCUT2D eigenvalue weighted by atomic mass is 9.93. The molecule has 1 aliphatic rings. The van der Waals surface area contributed by atoms with Crippen LogP contribution in [-0.4, -0.2) is 41.4 Å². The van der Waals surface area contributed by atoms with Gasteiger partial charge in [0.25, 0.3) is 5.91 Å². The summed E-state index contributed by atoms with van der Waals surface area (Å²) in [7, 11) is 3.19. The number of nitrogens with one attached hydrogen (secondary N) is 1. The summed E-state index contributed by atoms with van der Waals surface area (Å²) >= 11 is 6.12. The highest BCUT2D eigenvalue weighted by Gasteiger charge is 2.48. The second-order valence-corrected chi connectivity index (χ2v) is 9.62. The molecule has 0 radical (unpaired) electrons. The molecule has 4 aromatic rings. The zero-order chi connectivity index (χ0) is 26.9. The van der Waals surface area contributed by atoms with E-state index in [0.717, 1.165) is 16.9 Å². The zero-order valence-corrected chi connectivity index (χ0v) is 22.0. The molecule has 0 saturated carbocycles. The summed E-state index contributed by atoms with van der Waals surface area (Å²) in [4.78, 5) is 29.3. The molecule has 0 aliphatic carbocycles. The van der Waals surface area contributed by atoms with Crippen LogP contribution in [0.5, 0.6) is 11.5 Å². The minimum absolute atomic E-state index is 0.157. The van der Waals surface area contributed by atoms with Crippen molar-refractivity contribution in [2.24, 2.45) is 0 Å². The summed E-state index contributed by atoms with van der Waals surface area (Å²) in [5.41, 5.74) is 1.97. The molecule has 5 rings (SSSR count). The minimum atomic E-state index is -1.27. The first-order valence-corrected chi connectivity index (χ1v) is 12.4. The molecule has 9 heteroatoms. The van der Waals surface area contributed by atoms with Gasteiger partial charge in [-0.3, -0.25) is 19.2 Å². The fourth-order valence-corrected chi connectivity index (χ4v) is 4.82. The Kier molecular flexibility index (Phi) is 6.82. The highest BCUT2D eigenvalue weighted by atomic mass is 35.5. The Morgan fingerprint density at radius 3 is 2.42 bits per heavy atom. The first kappa shape index (κ1) is 25.4. The van der Waals surface area contributed by atoms with Crippen LogP contribution < -0.4 is 19.7 Å². The number of nitrogens with zero attached hydrogens (tertiary/aromatic N) is 3. The van der Waals surface area contributed by atoms with E-state index in [-0.39, 0.29) is 24.9 Å². The van der Waals surface area contributed by atoms with Gasteiger partial charge in [-0.25, -0.2) is 0 Å². The predicted molar refractivity (Wildman–Crippen MR) is 146 cm³/mol. The van der Waals surface area contributed by atoms with Gasteiger partial charge in [-0.1, -0.05) is 29.8 Å². The highest BCUT2D eigenvalue weighted by molar-refractivity contribution is 6.30. The second kappa shape index (κ2) is 10.2. The van der Waals surface area contributed by atoms with Crippen LogP contribution in [0.15, 0.2) is 78.9 Å². The average Bonchev–Trinajstić information content (AvgIpc) is 3.37. The number of hydrogen-bond acceptors (Lipinski definition) is 5. The number of halogens is 1. The zero-order valence-electron chi connectivity index (χ0n) is 21.3. The number of carbonyl (C=O) groups excluding carboxylic acids is 2. The van der Waals surface area contributed by atoms with Gasteiger partial charge in [0, 0.05) is 28.4 Å². The van der Waals surface area contributed by atoms with Gasteiger partial charge >= 0.3 is 0 Å². The van der Waals surface area contributed by atoms with E-state index in [4.69, 9.17) is 26.2 Å². The standard InChI is InChI=1S/C29H27ClN4O4/c1-29(28(36)31-17-20-6-4-5-7-26(20)38-3)18-33-25(27(35)34(29)22-12-10-21(30)11-13-22)16-24(32-33)19-8-14-23(37-2)15-9-19/h4-16H,17-18H2,1-3H3,(H,31,36). The molecule has 8 nitrogen and oxygen atoms in total. The van der Waals surface area contributed by atoms with Crippen LogP contribution in [0, 0.1) is 0 Å². The van der Waals surface area contributed by atoms with Crippen molar-refractivity contribution < 1.29 is 19.1 Å². The molecule has 1 aromatic heterocycles. The third-order valence-electron chi connectivity index (χ3n) is 6.75. The Bertz CT molecular complexity index is 1480. The van der Waals surface area contributed by atoms with Crippen molar-refractivity contribution in [3.05, 3.63) is 95.1 Å². The lowest BCUT2D eigenvalue weighted by Gasteiger charge is -2.43. The Morgan fingerprint density at radius 1 is 1.03 bits per heavy atom. The van der Waals surface area contributed by atoms with E-state index >= 15 is 0 Å². The maximum Gasteiger partial charge on any atom is 0.277 e. The molecule has 2 heterocycles. The number of fused-ring (bicyclic) bond motifs is 1. The molecule has 194 valence electrons. The Hall–Kier alpha value is -4.30. The van der Waals surface area contributed by atoms with E-state index in [1.165, 1.54) is 4.90 Å². The Balaban J connectivity index is 1.52. The maximum atomic E-state index is 14.0. The van der Waals surface area contributed by atoms with Crippen molar-refractivity contribution >= 4 is 29.1 Å². The monoisotopic (exact) mass is 530 g/mol. The summed E-state index contributed by atoms with van der Waals surface area (Å²) in [5, 5.41) is 8.24. The van der Waals surface area contributed by atoms with Crippen LogP contribution in [0.2, 0.25) is 5.02 Å². The first-order chi connectivity index (χ1) is 18.3. The molecule has 38 heavy (non-hydrogen) atoms. The maximum absolute atomic E-state index is 14.0. The summed E-state index contributed by atoms with van der Waals surface area (Å²) in [5.74, 6) is 0.743. The van der Waals surface area contributed by atoms with E-state index in [1.807, 2.05) is 48.5 Å². The van der Waals surface area contributed by atoms with Gasteiger partial charge in [0.15, 0.2) is 0 Å². The Labute approximate surface area is 225 Å².